The third-order valence-electron chi connectivity index (χ3n) is 3.34. The minimum Gasteiger partial charge on any atom is -0.463 e. The maximum Gasteiger partial charge on any atom is 0.434 e. The molecule has 2 rings (SSSR count). The van der Waals surface area contributed by atoms with Crippen LogP contribution in [0.4, 0.5) is 13.2 Å². The topological polar surface area (TPSA) is 86.5 Å². The lowest BCUT2D eigenvalue weighted by Gasteiger charge is -2.37. The number of hydrogen-bond acceptors (Lipinski definition) is 6. The summed E-state index contributed by atoms with van der Waals surface area (Å²) in [5, 5.41) is 16.7. The molecule has 1 fully saturated rings. The first kappa shape index (κ1) is 16.7. The number of hydrogen-bond donors (Lipinski definition) is 1. The Bertz CT molecular complexity index is 556. The fourth-order valence-electron chi connectivity index (χ4n) is 2.08. The number of alkyl halides is 3. The minimum absolute atomic E-state index is 0.259. The number of esters is 1. The summed E-state index contributed by atoms with van der Waals surface area (Å²) in [4.78, 5) is 11.6. The van der Waals surface area contributed by atoms with Crippen molar-refractivity contribution >= 4 is 5.97 Å². The van der Waals surface area contributed by atoms with Crippen LogP contribution in [0.1, 0.15) is 19.5 Å². The van der Waals surface area contributed by atoms with Gasteiger partial charge in [0, 0.05) is 5.41 Å². The van der Waals surface area contributed by atoms with Crippen molar-refractivity contribution in [3.8, 4) is 0 Å². The summed E-state index contributed by atoms with van der Waals surface area (Å²) >= 11 is 0. The van der Waals surface area contributed by atoms with Gasteiger partial charge in [-0.1, -0.05) is 12.1 Å². The van der Waals surface area contributed by atoms with Gasteiger partial charge in [-0.25, -0.2) is 4.79 Å². The van der Waals surface area contributed by atoms with Crippen molar-refractivity contribution < 1.29 is 32.5 Å². The highest BCUT2D eigenvalue weighted by Gasteiger charge is 2.64. The van der Waals surface area contributed by atoms with E-state index >= 15 is 0 Å². The number of rotatable bonds is 5. The van der Waals surface area contributed by atoms with Crippen LogP contribution >= 0.6 is 0 Å². The number of carbonyl (C=O) groups is 1. The van der Waals surface area contributed by atoms with Gasteiger partial charge < -0.3 is 14.6 Å². The van der Waals surface area contributed by atoms with Gasteiger partial charge in [0.1, 0.15) is 5.69 Å². The average molecular weight is 323 g/mol. The second-order valence-electron chi connectivity index (χ2n) is 5.53. The van der Waals surface area contributed by atoms with Crippen molar-refractivity contribution in [2.75, 3.05) is 19.8 Å². The van der Waals surface area contributed by atoms with Crippen LogP contribution in [0.2, 0.25) is 0 Å². The van der Waals surface area contributed by atoms with Crippen LogP contribution in [0.25, 0.3) is 0 Å². The largest absolute Gasteiger partial charge is 0.463 e. The highest BCUT2D eigenvalue weighted by Crippen LogP contribution is 2.39. The molecule has 1 unspecified atom stereocenters. The molecule has 10 heteroatoms. The fourth-order valence-corrected chi connectivity index (χ4v) is 2.08. The van der Waals surface area contributed by atoms with E-state index in [1.54, 1.807) is 0 Å². The highest BCUT2D eigenvalue weighted by atomic mass is 19.4. The Morgan fingerprint density at radius 1 is 1.55 bits per heavy atom. The Morgan fingerprint density at radius 3 is 2.64 bits per heavy atom. The van der Waals surface area contributed by atoms with E-state index in [9.17, 15) is 23.1 Å². The van der Waals surface area contributed by atoms with E-state index in [-0.39, 0.29) is 18.6 Å². The molecule has 7 nitrogen and oxygen atoms in total. The summed E-state index contributed by atoms with van der Waals surface area (Å²) in [5.74, 6) is -1.83. The number of carbonyl (C=O) groups excluding carboxylic acids is 1. The van der Waals surface area contributed by atoms with Crippen molar-refractivity contribution in [3.63, 3.8) is 0 Å². The van der Waals surface area contributed by atoms with E-state index in [0.717, 1.165) is 10.9 Å². The molecule has 22 heavy (non-hydrogen) atoms. The zero-order chi connectivity index (χ0) is 16.6. The number of halogens is 3. The van der Waals surface area contributed by atoms with Gasteiger partial charge in [0.15, 0.2) is 0 Å². The molecule has 0 aromatic carbocycles. The van der Waals surface area contributed by atoms with Crippen LogP contribution in [0.3, 0.4) is 0 Å². The van der Waals surface area contributed by atoms with E-state index < -0.39 is 23.4 Å². The van der Waals surface area contributed by atoms with Crippen molar-refractivity contribution in [3.05, 3.63) is 11.9 Å². The predicted molar refractivity (Wildman–Crippen MR) is 65.5 cm³/mol. The summed E-state index contributed by atoms with van der Waals surface area (Å²) in [7, 11) is 0. The van der Waals surface area contributed by atoms with E-state index in [1.165, 1.54) is 6.92 Å². The Morgan fingerprint density at radius 2 is 2.18 bits per heavy atom. The van der Waals surface area contributed by atoms with Crippen LogP contribution < -0.4 is 0 Å². The maximum absolute atomic E-state index is 13.1. The summed E-state index contributed by atoms with van der Waals surface area (Å²) in [6.07, 6.45) is -4.38. The molecule has 1 saturated heterocycles. The molecular formula is C12H16F3N3O4. The molecule has 0 saturated carbocycles. The first-order valence-corrected chi connectivity index (χ1v) is 6.57. The normalized spacial score (nSPS) is 20.1. The molecule has 1 N–H and O–H groups in total. The number of ether oxygens (including phenoxy) is 2. The molecule has 1 aromatic rings. The zero-order valence-corrected chi connectivity index (χ0v) is 12.1. The van der Waals surface area contributed by atoms with Gasteiger partial charge >= 0.3 is 17.7 Å². The van der Waals surface area contributed by atoms with Crippen LogP contribution in [-0.2, 0) is 26.4 Å². The van der Waals surface area contributed by atoms with Crippen molar-refractivity contribution in [2.45, 2.75) is 32.2 Å². The van der Waals surface area contributed by atoms with Crippen LogP contribution in [0, 0.1) is 5.41 Å². The van der Waals surface area contributed by atoms with Gasteiger partial charge in [0.2, 0.25) is 0 Å². The summed E-state index contributed by atoms with van der Waals surface area (Å²) in [6, 6.07) is 0. The summed E-state index contributed by atoms with van der Waals surface area (Å²) in [5.41, 5.74) is -5.01. The SMILES string of the molecule is CCOC(=O)C(O)(c1cn(CC2(C)COC2)nn1)C(F)(F)F. The van der Waals surface area contributed by atoms with E-state index in [0.29, 0.717) is 13.2 Å². The van der Waals surface area contributed by atoms with Crippen molar-refractivity contribution in [2.24, 2.45) is 5.41 Å². The molecule has 0 bridgehead atoms. The van der Waals surface area contributed by atoms with E-state index in [1.807, 2.05) is 6.92 Å². The van der Waals surface area contributed by atoms with Gasteiger partial charge in [-0.05, 0) is 6.92 Å². The smallest absolute Gasteiger partial charge is 0.434 e. The van der Waals surface area contributed by atoms with Gasteiger partial charge in [-0.2, -0.15) is 13.2 Å². The van der Waals surface area contributed by atoms with Crippen LogP contribution in [0.15, 0.2) is 6.20 Å². The van der Waals surface area contributed by atoms with Crippen molar-refractivity contribution in [1.29, 1.82) is 0 Å². The first-order chi connectivity index (χ1) is 10.1. The monoisotopic (exact) mass is 323 g/mol. The Hall–Kier alpha value is -1.68. The molecule has 124 valence electrons. The third-order valence-corrected chi connectivity index (χ3v) is 3.34. The maximum atomic E-state index is 13.1. The first-order valence-electron chi connectivity index (χ1n) is 6.57. The number of aromatic nitrogens is 3. The highest BCUT2D eigenvalue weighted by molar-refractivity contribution is 5.81. The molecule has 0 radical (unpaired) electrons. The van der Waals surface area contributed by atoms with Gasteiger partial charge in [0.25, 0.3) is 0 Å². The predicted octanol–water partition coefficient (Wildman–Crippen LogP) is 0.628. The standard InChI is InChI=1S/C12H16F3N3O4/c1-3-22-9(19)11(20,12(13,14)15)8-4-18(17-16-8)5-10(2)6-21-7-10/h4,20H,3,5-7H2,1-2H3. The van der Waals surface area contributed by atoms with Gasteiger partial charge in [0.05, 0.1) is 32.6 Å². The van der Waals surface area contributed by atoms with Crippen LogP contribution in [-0.4, -0.2) is 52.1 Å². The number of nitrogens with zero attached hydrogens (tertiary/aromatic N) is 3. The Balaban J connectivity index is 2.29. The molecule has 1 atom stereocenters. The lowest BCUT2D eigenvalue weighted by Crippen LogP contribution is -2.50. The third kappa shape index (κ3) is 2.80. The molecule has 1 aliphatic rings. The fraction of sp³-hybridized carbons (Fsp3) is 0.750. The second-order valence-corrected chi connectivity index (χ2v) is 5.53. The van der Waals surface area contributed by atoms with Gasteiger partial charge in [-0.3, -0.25) is 4.68 Å². The van der Waals surface area contributed by atoms with E-state index in [2.05, 4.69) is 15.0 Å². The summed E-state index contributed by atoms with van der Waals surface area (Å²) in [6.45, 7) is 4.06. The quantitative estimate of drug-likeness (QED) is 0.800. The Kier molecular flexibility index (Phi) is 4.18. The molecule has 1 aliphatic heterocycles. The van der Waals surface area contributed by atoms with Gasteiger partial charge in [-0.15, -0.1) is 5.10 Å². The second kappa shape index (κ2) is 5.51. The molecule has 0 spiro atoms. The zero-order valence-electron chi connectivity index (χ0n) is 12.1. The minimum atomic E-state index is -5.27. The molecular weight excluding hydrogens is 307 g/mol. The Labute approximate surface area is 124 Å². The molecule has 1 aromatic heterocycles. The number of aliphatic hydroxyl groups is 1. The molecule has 2 heterocycles. The average Bonchev–Trinajstić information content (AvgIpc) is 2.83. The molecule has 0 aliphatic carbocycles. The lowest BCUT2D eigenvalue weighted by molar-refractivity contribution is -0.269. The van der Waals surface area contributed by atoms with Crippen molar-refractivity contribution in [1.82, 2.24) is 15.0 Å². The lowest BCUT2D eigenvalue weighted by atomic mass is 9.89. The molecule has 0 amide bonds. The van der Waals surface area contributed by atoms with E-state index in [4.69, 9.17) is 4.74 Å². The van der Waals surface area contributed by atoms with Crippen LogP contribution in [0.5, 0.6) is 0 Å². The summed E-state index contributed by atoms with van der Waals surface area (Å²) < 4.78 is 49.9.